The second-order valence-corrected chi connectivity index (χ2v) is 6.47. The maximum Gasteiger partial charge on any atom is 0.470 e. The van der Waals surface area contributed by atoms with Crippen LogP contribution in [-0.2, 0) is 18.2 Å². The van der Waals surface area contributed by atoms with Gasteiger partial charge in [0.2, 0.25) is 0 Å². The molecular formula is C6H14O12P2. The maximum atomic E-state index is 10.7. The van der Waals surface area contributed by atoms with Crippen LogP contribution in [0.25, 0.3) is 0 Å². The molecule has 1 saturated carbocycles. The van der Waals surface area contributed by atoms with Crippen molar-refractivity contribution in [2.24, 2.45) is 0 Å². The first-order valence-electron chi connectivity index (χ1n) is 5.03. The first-order chi connectivity index (χ1) is 8.83. The summed E-state index contributed by atoms with van der Waals surface area (Å²) in [4.78, 5) is 34.4. The van der Waals surface area contributed by atoms with Gasteiger partial charge in [-0.05, 0) is 0 Å². The molecule has 1 fully saturated rings. The van der Waals surface area contributed by atoms with E-state index in [4.69, 9.17) is 19.6 Å². The molecule has 0 radical (unpaired) electrons. The van der Waals surface area contributed by atoms with Crippen LogP contribution >= 0.6 is 15.6 Å². The Hall–Kier alpha value is 0.0600. The van der Waals surface area contributed by atoms with Gasteiger partial charge >= 0.3 is 15.6 Å². The van der Waals surface area contributed by atoms with Gasteiger partial charge in [0.15, 0.2) is 0 Å². The lowest BCUT2D eigenvalue weighted by molar-refractivity contribution is -0.215. The Balaban J connectivity index is 3.02. The van der Waals surface area contributed by atoms with Gasteiger partial charge in [0.1, 0.15) is 36.6 Å². The average molecular weight is 340 g/mol. The van der Waals surface area contributed by atoms with Crippen molar-refractivity contribution in [3.63, 3.8) is 0 Å². The third kappa shape index (κ3) is 4.53. The van der Waals surface area contributed by atoms with E-state index in [0.717, 1.165) is 0 Å². The summed E-state index contributed by atoms with van der Waals surface area (Å²) in [5.74, 6) is 0. The van der Waals surface area contributed by atoms with Crippen LogP contribution in [0, 0.1) is 0 Å². The van der Waals surface area contributed by atoms with E-state index in [1.165, 1.54) is 0 Å². The summed E-state index contributed by atoms with van der Waals surface area (Å²) < 4.78 is 29.4. The van der Waals surface area contributed by atoms with Crippen molar-refractivity contribution in [3.8, 4) is 0 Å². The SMILES string of the molecule is O=P(O)(O)OC1C(O)C(O)C(O)C(OP(=O)(O)O)C1O. The Morgan fingerprint density at radius 3 is 1.15 bits per heavy atom. The minimum absolute atomic E-state index is 2.12. The van der Waals surface area contributed by atoms with E-state index in [9.17, 15) is 29.6 Å². The van der Waals surface area contributed by atoms with E-state index in [2.05, 4.69) is 9.05 Å². The van der Waals surface area contributed by atoms with Crippen LogP contribution in [0.1, 0.15) is 0 Å². The lowest BCUT2D eigenvalue weighted by Gasteiger charge is -2.42. The minimum atomic E-state index is -5.20. The quantitative estimate of drug-likeness (QED) is 0.233. The van der Waals surface area contributed by atoms with E-state index in [1.54, 1.807) is 0 Å². The summed E-state index contributed by atoms with van der Waals surface area (Å²) in [6.07, 6.45) is -12.8. The van der Waals surface area contributed by atoms with E-state index in [0.29, 0.717) is 0 Å². The van der Waals surface area contributed by atoms with E-state index >= 15 is 0 Å². The maximum absolute atomic E-state index is 10.7. The van der Waals surface area contributed by atoms with Crippen molar-refractivity contribution in [1.82, 2.24) is 0 Å². The molecule has 4 unspecified atom stereocenters. The fourth-order valence-electron chi connectivity index (χ4n) is 1.75. The second-order valence-electron chi connectivity index (χ2n) is 4.08. The zero-order chi connectivity index (χ0) is 15.9. The summed E-state index contributed by atoms with van der Waals surface area (Å²) in [6.45, 7) is 0. The molecule has 1 aliphatic rings. The van der Waals surface area contributed by atoms with Gasteiger partial charge in [-0.2, -0.15) is 0 Å². The second kappa shape index (κ2) is 6.05. The van der Waals surface area contributed by atoms with Gasteiger partial charge in [-0.25, -0.2) is 9.13 Å². The molecule has 8 N–H and O–H groups in total. The summed E-state index contributed by atoms with van der Waals surface area (Å²) in [5.41, 5.74) is 0. The zero-order valence-corrected chi connectivity index (χ0v) is 11.4. The Kier molecular flexibility index (Phi) is 5.48. The smallest absolute Gasteiger partial charge is 0.387 e. The highest BCUT2D eigenvalue weighted by atomic mass is 31.2. The number of aliphatic hydroxyl groups is 4. The fourth-order valence-corrected chi connectivity index (χ4v) is 2.88. The molecule has 0 spiro atoms. The van der Waals surface area contributed by atoms with Crippen LogP contribution < -0.4 is 0 Å². The van der Waals surface area contributed by atoms with Gasteiger partial charge in [-0.15, -0.1) is 0 Å². The van der Waals surface area contributed by atoms with E-state index < -0.39 is 52.3 Å². The lowest BCUT2D eigenvalue weighted by atomic mass is 9.85. The van der Waals surface area contributed by atoms with E-state index in [1.807, 2.05) is 0 Å². The fraction of sp³-hybridized carbons (Fsp3) is 1.00. The normalized spacial score (nSPS) is 39.8. The molecule has 4 atom stereocenters. The molecule has 0 heterocycles. The molecule has 0 aromatic rings. The van der Waals surface area contributed by atoms with Crippen molar-refractivity contribution in [3.05, 3.63) is 0 Å². The molecule has 0 saturated heterocycles. The molecule has 12 nitrogen and oxygen atoms in total. The summed E-state index contributed by atoms with van der Waals surface area (Å²) in [7, 11) is -10.4. The molecule has 0 aromatic carbocycles. The van der Waals surface area contributed by atoms with Crippen LogP contribution in [0.3, 0.4) is 0 Å². The molecule has 14 heteroatoms. The van der Waals surface area contributed by atoms with Crippen molar-refractivity contribution >= 4 is 15.6 Å². The predicted molar refractivity (Wildman–Crippen MR) is 57.9 cm³/mol. The number of hydrogen-bond donors (Lipinski definition) is 8. The Morgan fingerprint density at radius 1 is 0.600 bits per heavy atom. The molecule has 1 rings (SSSR count). The number of hydrogen-bond acceptors (Lipinski definition) is 8. The Bertz CT molecular complexity index is 390. The van der Waals surface area contributed by atoms with Gasteiger partial charge in [0.25, 0.3) is 0 Å². The molecule has 0 bridgehead atoms. The topological polar surface area (TPSA) is 214 Å². The summed E-state index contributed by atoms with van der Waals surface area (Å²) >= 11 is 0. The first kappa shape index (κ1) is 18.1. The number of rotatable bonds is 4. The van der Waals surface area contributed by atoms with Crippen LogP contribution in [-0.4, -0.2) is 76.6 Å². The number of phosphoric acid groups is 2. The van der Waals surface area contributed by atoms with Crippen molar-refractivity contribution in [2.75, 3.05) is 0 Å². The Labute approximate surface area is 111 Å². The van der Waals surface area contributed by atoms with Crippen molar-refractivity contribution in [1.29, 1.82) is 0 Å². The van der Waals surface area contributed by atoms with Crippen molar-refractivity contribution in [2.45, 2.75) is 36.6 Å². The third-order valence-corrected chi connectivity index (χ3v) is 3.60. The van der Waals surface area contributed by atoms with Crippen molar-refractivity contribution < 1.29 is 58.2 Å². The van der Waals surface area contributed by atoms with Crippen LogP contribution in [0.15, 0.2) is 0 Å². The van der Waals surface area contributed by atoms with E-state index in [-0.39, 0.29) is 0 Å². The third-order valence-electron chi connectivity index (χ3n) is 2.56. The van der Waals surface area contributed by atoms with Gasteiger partial charge in [-0.1, -0.05) is 0 Å². The van der Waals surface area contributed by atoms with Gasteiger partial charge in [-0.3, -0.25) is 9.05 Å². The zero-order valence-electron chi connectivity index (χ0n) is 9.57. The van der Waals surface area contributed by atoms with Crippen LogP contribution in [0.4, 0.5) is 0 Å². The largest absolute Gasteiger partial charge is 0.470 e. The average Bonchev–Trinajstić information content (AvgIpc) is 2.25. The molecule has 0 aliphatic heterocycles. The minimum Gasteiger partial charge on any atom is -0.387 e. The predicted octanol–water partition coefficient (Wildman–Crippen LogP) is -3.60. The summed E-state index contributed by atoms with van der Waals surface area (Å²) in [6, 6.07) is 0. The standard InChI is InChI=1S/C6H14O12P2/c7-1-2(8)5(17-19(11,12)13)4(10)6(3(1)9)18-20(14,15)16/h1-10H,(H2,11,12,13)(H2,14,15,16). The highest BCUT2D eigenvalue weighted by Gasteiger charge is 2.53. The van der Waals surface area contributed by atoms with Gasteiger partial charge in [0.05, 0.1) is 0 Å². The van der Waals surface area contributed by atoms with Gasteiger partial charge in [0, 0.05) is 0 Å². The van der Waals surface area contributed by atoms with Crippen LogP contribution in [0.2, 0.25) is 0 Å². The molecule has 1 aliphatic carbocycles. The molecule has 0 amide bonds. The molecule has 0 aromatic heterocycles. The first-order valence-corrected chi connectivity index (χ1v) is 8.10. The monoisotopic (exact) mass is 340 g/mol. The number of phosphoric ester groups is 2. The summed E-state index contributed by atoms with van der Waals surface area (Å²) in [5, 5.41) is 38.0. The molecular weight excluding hydrogens is 326 g/mol. The Morgan fingerprint density at radius 2 is 0.900 bits per heavy atom. The highest BCUT2D eigenvalue weighted by Crippen LogP contribution is 2.45. The number of aliphatic hydroxyl groups excluding tert-OH is 4. The highest BCUT2D eigenvalue weighted by molar-refractivity contribution is 7.46. The molecule has 120 valence electrons. The lowest BCUT2D eigenvalue weighted by Crippen LogP contribution is -2.64. The van der Waals surface area contributed by atoms with Crippen LogP contribution in [0.5, 0.6) is 0 Å². The molecule has 20 heavy (non-hydrogen) atoms. The van der Waals surface area contributed by atoms with Gasteiger partial charge < -0.3 is 40.0 Å².